The van der Waals surface area contributed by atoms with Gasteiger partial charge in [-0.3, -0.25) is 0 Å². The molecular weight excluding hydrogens is 258 g/mol. The standard InChI is InChI=1S/C14H21N3OS/c1-9-7-10(2)16-13(11(9)12(15)19)17-14(3)5-4-6-18-8-14/h7H,4-6,8H2,1-3H3,(H2,15,19)(H,16,17). The fraction of sp³-hybridized carbons (Fsp3) is 0.571. The number of thiocarbonyl (C=S) groups is 1. The Morgan fingerprint density at radius 3 is 2.84 bits per heavy atom. The zero-order valence-electron chi connectivity index (χ0n) is 11.7. The third-order valence-electron chi connectivity index (χ3n) is 3.45. The third kappa shape index (κ3) is 3.22. The average Bonchev–Trinajstić information content (AvgIpc) is 2.27. The molecule has 1 fully saturated rings. The molecule has 0 aromatic carbocycles. The van der Waals surface area contributed by atoms with Crippen molar-refractivity contribution in [1.82, 2.24) is 4.98 Å². The predicted molar refractivity (Wildman–Crippen MR) is 81.7 cm³/mol. The number of anilines is 1. The van der Waals surface area contributed by atoms with E-state index in [1.165, 1.54) is 0 Å². The smallest absolute Gasteiger partial charge is 0.137 e. The first-order chi connectivity index (χ1) is 8.91. The van der Waals surface area contributed by atoms with Crippen LogP contribution < -0.4 is 11.1 Å². The normalized spacial score (nSPS) is 23.1. The van der Waals surface area contributed by atoms with Gasteiger partial charge in [-0.1, -0.05) is 12.2 Å². The van der Waals surface area contributed by atoms with E-state index in [1.54, 1.807) is 0 Å². The van der Waals surface area contributed by atoms with Crippen LogP contribution in [0.2, 0.25) is 0 Å². The van der Waals surface area contributed by atoms with Crippen LogP contribution in [0.25, 0.3) is 0 Å². The van der Waals surface area contributed by atoms with Crippen LogP contribution in [-0.2, 0) is 4.74 Å². The topological polar surface area (TPSA) is 60.2 Å². The maximum Gasteiger partial charge on any atom is 0.137 e. The van der Waals surface area contributed by atoms with Crippen molar-refractivity contribution in [3.63, 3.8) is 0 Å². The number of ether oxygens (including phenoxy) is 1. The number of hydrogen-bond acceptors (Lipinski definition) is 4. The number of nitrogens with one attached hydrogen (secondary N) is 1. The number of aryl methyl sites for hydroxylation is 2. The lowest BCUT2D eigenvalue weighted by Gasteiger charge is -2.35. The van der Waals surface area contributed by atoms with Crippen molar-refractivity contribution >= 4 is 23.0 Å². The maximum absolute atomic E-state index is 5.83. The molecule has 0 radical (unpaired) electrons. The number of nitrogens with zero attached hydrogens (tertiary/aromatic N) is 1. The SMILES string of the molecule is Cc1cc(C)c(C(N)=S)c(NC2(C)CCCOC2)n1. The fourth-order valence-corrected chi connectivity index (χ4v) is 2.81. The molecule has 19 heavy (non-hydrogen) atoms. The van der Waals surface area contributed by atoms with Crippen LogP contribution in [0.5, 0.6) is 0 Å². The molecule has 0 bridgehead atoms. The maximum atomic E-state index is 5.83. The van der Waals surface area contributed by atoms with Gasteiger partial charge in [0.15, 0.2) is 0 Å². The van der Waals surface area contributed by atoms with Gasteiger partial charge >= 0.3 is 0 Å². The van der Waals surface area contributed by atoms with Gasteiger partial charge < -0.3 is 15.8 Å². The van der Waals surface area contributed by atoms with Crippen molar-refractivity contribution in [2.45, 2.75) is 39.2 Å². The van der Waals surface area contributed by atoms with Gasteiger partial charge in [-0.05, 0) is 45.2 Å². The van der Waals surface area contributed by atoms with Crippen molar-refractivity contribution in [2.75, 3.05) is 18.5 Å². The second-order valence-corrected chi connectivity index (χ2v) is 5.95. The molecule has 0 aliphatic carbocycles. The molecule has 0 amide bonds. The van der Waals surface area contributed by atoms with E-state index in [0.717, 1.165) is 42.1 Å². The summed E-state index contributed by atoms with van der Waals surface area (Å²) in [5.41, 5.74) is 8.58. The molecular formula is C14H21N3OS. The summed E-state index contributed by atoms with van der Waals surface area (Å²) in [5, 5.41) is 3.49. The first-order valence-electron chi connectivity index (χ1n) is 6.55. The van der Waals surface area contributed by atoms with Gasteiger partial charge in [-0.15, -0.1) is 0 Å². The number of rotatable bonds is 3. The molecule has 2 rings (SSSR count). The second-order valence-electron chi connectivity index (χ2n) is 5.51. The lowest BCUT2D eigenvalue weighted by molar-refractivity contribution is 0.0539. The van der Waals surface area contributed by atoms with E-state index in [9.17, 15) is 0 Å². The number of nitrogens with two attached hydrogens (primary N) is 1. The van der Waals surface area contributed by atoms with E-state index >= 15 is 0 Å². The van der Waals surface area contributed by atoms with Crippen LogP contribution in [-0.4, -0.2) is 28.7 Å². The molecule has 1 aromatic heterocycles. The third-order valence-corrected chi connectivity index (χ3v) is 3.65. The van der Waals surface area contributed by atoms with Crippen molar-refractivity contribution in [1.29, 1.82) is 0 Å². The summed E-state index contributed by atoms with van der Waals surface area (Å²) in [6.07, 6.45) is 2.11. The van der Waals surface area contributed by atoms with Gasteiger partial charge in [0.25, 0.3) is 0 Å². The number of aromatic nitrogens is 1. The van der Waals surface area contributed by atoms with Crippen molar-refractivity contribution in [3.8, 4) is 0 Å². The lowest BCUT2D eigenvalue weighted by Crippen LogP contribution is -2.43. The predicted octanol–water partition coefficient (Wildman–Crippen LogP) is 2.31. The van der Waals surface area contributed by atoms with Gasteiger partial charge in [0.2, 0.25) is 0 Å². The molecule has 4 nitrogen and oxygen atoms in total. The highest BCUT2D eigenvalue weighted by atomic mass is 32.1. The first-order valence-corrected chi connectivity index (χ1v) is 6.96. The molecule has 0 spiro atoms. The second kappa shape index (κ2) is 5.43. The largest absolute Gasteiger partial charge is 0.389 e. The minimum atomic E-state index is -0.106. The van der Waals surface area contributed by atoms with E-state index in [2.05, 4.69) is 17.2 Å². The summed E-state index contributed by atoms with van der Waals surface area (Å²) in [5.74, 6) is 0.776. The van der Waals surface area contributed by atoms with E-state index in [0.29, 0.717) is 11.6 Å². The van der Waals surface area contributed by atoms with E-state index in [-0.39, 0.29) is 5.54 Å². The highest BCUT2D eigenvalue weighted by Gasteiger charge is 2.29. The quantitative estimate of drug-likeness (QED) is 0.832. The van der Waals surface area contributed by atoms with Crippen LogP contribution in [0.4, 0.5) is 5.82 Å². The van der Waals surface area contributed by atoms with Gasteiger partial charge in [0.1, 0.15) is 10.8 Å². The minimum absolute atomic E-state index is 0.106. The zero-order chi connectivity index (χ0) is 14.0. The zero-order valence-corrected chi connectivity index (χ0v) is 12.6. The molecule has 1 atom stereocenters. The molecule has 5 heteroatoms. The van der Waals surface area contributed by atoms with E-state index in [1.807, 2.05) is 19.9 Å². The summed E-state index contributed by atoms with van der Waals surface area (Å²) in [6.45, 7) is 7.64. The van der Waals surface area contributed by atoms with Gasteiger partial charge in [0.05, 0.1) is 17.7 Å². The summed E-state index contributed by atoms with van der Waals surface area (Å²) < 4.78 is 5.56. The number of pyridine rings is 1. The van der Waals surface area contributed by atoms with Crippen LogP contribution in [0, 0.1) is 13.8 Å². The Balaban J connectivity index is 2.35. The molecule has 104 valence electrons. The molecule has 2 heterocycles. The first kappa shape index (κ1) is 14.2. The molecule has 1 unspecified atom stereocenters. The van der Waals surface area contributed by atoms with Gasteiger partial charge in [0, 0.05) is 12.3 Å². The Hall–Kier alpha value is -1.20. The van der Waals surface area contributed by atoms with E-state index < -0.39 is 0 Å². The molecule has 1 aromatic rings. The fourth-order valence-electron chi connectivity index (χ4n) is 2.56. The van der Waals surface area contributed by atoms with Crippen LogP contribution in [0.3, 0.4) is 0 Å². The Morgan fingerprint density at radius 1 is 1.53 bits per heavy atom. The monoisotopic (exact) mass is 279 g/mol. The highest BCUT2D eigenvalue weighted by molar-refractivity contribution is 7.80. The van der Waals surface area contributed by atoms with Crippen molar-refractivity contribution < 1.29 is 4.74 Å². The Kier molecular flexibility index (Phi) is 4.06. The Labute approximate surface area is 119 Å². The number of hydrogen-bond donors (Lipinski definition) is 2. The van der Waals surface area contributed by atoms with Gasteiger partial charge in [-0.25, -0.2) is 4.98 Å². The summed E-state index contributed by atoms with van der Waals surface area (Å²) in [6, 6.07) is 2.00. The Bertz CT molecular complexity index is 496. The van der Waals surface area contributed by atoms with Gasteiger partial charge in [-0.2, -0.15) is 0 Å². The van der Waals surface area contributed by atoms with Crippen molar-refractivity contribution in [2.24, 2.45) is 5.73 Å². The molecule has 0 saturated carbocycles. The molecule has 3 N–H and O–H groups in total. The van der Waals surface area contributed by atoms with Crippen LogP contribution in [0.1, 0.15) is 36.6 Å². The summed E-state index contributed by atoms with van der Waals surface area (Å²) in [7, 11) is 0. The molecule has 1 saturated heterocycles. The lowest BCUT2D eigenvalue weighted by atomic mass is 9.94. The van der Waals surface area contributed by atoms with Crippen LogP contribution >= 0.6 is 12.2 Å². The highest BCUT2D eigenvalue weighted by Crippen LogP contribution is 2.27. The van der Waals surface area contributed by atoms with Crippen molar-refractivity contribution in [3.05, 3.63) is 22.9 Å². The summed E-state index contributed by atoms with van der Waals surface area (Å²) >= 11 is 5.15. The van der Waals surface area contributed by atoms with Crippen LogP contribution in [0.15, 0.2) is 6.07 Å². The minimum Gasteiger partial charge on any atom is -0.389 e. The molecule has 1 aliphatic rings. The average molecular weight is 279 g/mol. The molecule has 1 aliphatic heterocycles. The Morgan fingerprint density at radius 2 is 2.26 bits per heavy atom. The van der Waals surface area contributed by atoms with E-state index in [4.69, 9.17) is 22.7 Å². The summed E-state index contributed by atoms with van der Waals surface area (Å²) in [4.78, 5) is 4.94.